The number of nitrogens with one attached hydrogen (secondary N) is 2. The molecule has 3 N–H and O–H groups in total. The fourth-order valence-corrected chi connectivity index (χ4v) is 2.85. The van der Waals surface area contributed by atoms with E-state index in [1.165, 1.54) is 24.3 Å². The third kappa shape index (κ3) is 9.98. The molecule has 0 heterocycles. The molecule has 0 aliphatic carbocycles. The van der Waals surface area contributed by atoms with E-state index in [0.29, 0.717) is 6.07 Å². The highest BCUT2D eigenvalue weighted by atomic mass is 19.4. The van der Waals surface area contributed by atoms with Crippen LogP contribution in [0.2, 0.25) is 0 Å². The molecule has 198 valence electrons. The van der Waals surface area contributed by atoms with E-state index in [-0.39, 0.29) is 29.8 Å². The van der Waals surface area contributed by atoms with Gasteiger partial charge in [-0.05, 0) is 42.0 Å². The monoisotopic (exact) mass is 526 g/mol. The molecule has 1 unspecified atom stereocenters. The van der Waals surface area contributed by atoms with Gasteiger partial charge >= 0.3 is 12.5 Å². The first kappa shape index (κ1) is 28.7. The van der Waals surface area contributed by atoms with Crippen molar-refractivity contribution in [3.63, 3.8) is 0 Å². The maximum absolute atomic E-state index is 14.0. The van der Waals surface area contributed by atoms with Gasteiger partial charge in [0.25, 0.3) is 5.91 Å². The van der Waals surface area contributed by atoms with Crippen molar-refractivity contribution in [1.29, 1.82) is 0 Å². The topological polar surface area (TPSA) is 96.9 Å². The number of halogens is 7. The summed E-state index contributed by atoms with van der Waals surface area (Å²) < 4.78 is 96.1. The maximum Gasteiger partial charge on any atom is 0.573 e. The van der Waals surface area contributed by atoms with Gasteiger partial charge in [-0.25, -0.2) is 4.39 Å². The Morgan fingerprint density at radius 2 is 1.67 bits per heavy atom. The van der Waals surface area contributed by atoms with Crippen LogP contribution in [0.25, 0.3) is 0 Å². The number of amides is 2. The molecule has 2 rings (SSSR count). The molecule has 2 aromatic carbocycles. The Morgan fingerprint density at radius 3 is 2.22 bits per heavy atom. The van der Waals surface area contributed by atoms with Crippen LogP contribution in [0.5, 0.6) is 11.5 Å². The SMILES string of the molecule is O=C(NC(Cc1ccc(OC(F)(F)F)c(F)c1)C(=O)NCCO)c1ccc(OCCC(F)(F)F)cc1. The van der Waals surface area contributed by atoms with Crippen LogP contribution < -0.4 is 20.1 Å². The number of carbonyl (C=O) groups is 2. The highest BCUT2D eigenvalue weighted by Crippen LogP contribution is 2.26. The summed E-state index contributed by atoms with van der Waals surface area (Å²) in [6.45, 7) is -1.20. The molecule has 0 saturated carbocycles. The van der Waals surface area contributed by atoms with Gasteiger partial charge in [-0.2, -0.15) is 13.2 Å². The first-order chi connectivity index (χ1) is 16.8. The number of alkyl halides is 6. The summed E-state index contributed by atoms with van der Waals surface area (Å²) in [4.78, 5) is 25.1. The lowest BCUT2D eigenvalue weighted by Crippen LogP contribution is -2.48. The van der Waals surface area contributed by atoms with Crippen LogP contribution in [-0.4, -0.2) is 55.3 Å². The molecule has 0 fully saturated rings. The van der Waals surface area contributed by atoms with Gasteiger partial charge in [0.2, 0.25) is 5.91 Å². The van der Waals surface area contributed by atoms with Crippen LogP contribution in [0, 0.1) is 5.82 Å². The van der Waals surface area contributed by atoms with E-state index in [4.69, 9.17) is 9.84 Å². The molecule has 14 heteroatoms. The van der Waals surface area contributed by atoms with Crippen molar-refractivity contribution in [3.8, 4) is 11.5 Å². The molecule has 36 heavy (non-hydrogen) atoms. The van der Waals surface area contributed by atoms with E-state index in [9.17, 15) is 40.3 Å². The minimum Gasteiger partial charge on any atom is -0.493 e. The van der Waals surface area contributed by atoms with Gasteiger partial charge in [-0.3, -0.25) is 9.59 Å². The molecule has 1 atom stereocenters. The molecule has 7 nitrogen and oxygen atoms in total. The minimum absolute atomic E-state index is 0.0123. The summed E-state index contributed by atoms with van der Waals surface area (Å²) in [6.07, 6.45) is -11.0. The Morgan fingerprint density at radius 1 is 1.00 bits per heavy atom. The van der Waals surface area contributed by atoms with Gasteiger partial charge < -0.3 is 25.2 Å². The largest absolute Gasteiger partial charge is 0.573 e. The molecular weight excluding hydrogens is 505 g/mol. The zero-order chi connectivity index (χ0) is 26.9. The molecule has 0 spiro atoms. The van der Waals surface area contributed by atoms with Crippen LogP contribution in [0.1, 0.15) is 22.3 Å². The van der Waals surface area contributed by atoms with Crippen LogP contribution in [0.15, 0.2) is 42.5 Å². The predicted molar refractivity (Wildman–Crippen MR) is 111 cm³/mol. The Kier molecular flexibility index (Phi) is 9.90. The lowest BCUT2D eigenvalue weighted by Gasteiger charge is -2.19. The minimum atomic E-state index is -5.11. The van der Waals surface area contributed by atoms with Crippen LogP contribution in [0.3, 0.4) is 0 Å². The summed E-state index contributed by atoms with van der Waals surface area (Å²) in [6, 6.07) is 6.18. The number of hydrogen-bond acceptors (Lipinski definition) is 5. The Bertz CT molecular complexity index is 1030. The molecule has 0 aliphatic heterocycles. The summed E-state index contributed by atoms with van der Waals surface area (Å²) in [5.41, 5.74) is 0.0677. The van der Waals surface area contributed by atoms with Gasteiger partial charge in [0.1, 0.15) is 11.8 Å². The second-order valence-electron chi connectivity index (χ2n) is 7.30. The molecule has 0 radical (unpaired) electrons. The van der Waals surface area contributed by atoms with E-state index in [1.54, 1.807) is 0 Å². The van der Waals surface area contributed by atoms with E-state index >= 15 is 0 Å². The zero-order valence-corrected chi connectivity index (χ0v) is 18.4. The van der Waals surface area contributed by atoms with Crippen molar-refractivity contribution in [2.24, 2.45) is 0 Å². The summed E-state index contributed by atoms with van der Waals surface area (Å²) >= 11 is 0. The number of carbonyl (C=O) groups excluding carboxylic acids is 2. The van der Waals surface area contributed by atoms with Gasteiger partial charge in [0.15, 0.2) is 11.6 Å². The molecule has 0 bridgehead atoms. The summed E-state index contributed by atoms with van der Waals surface area (Å²) in [5.74, 6) is -3.88. The Balaban J connectivity index is 2.10. The van der Waals surface area contributed by atoms with Crippen molar-refractivity contribution in [3.05, 3.63) is 59.4 Å². The normalized spacial score (nSPS) is 12.6. The molecular formula is C22H21F7N2O5. The molecule has 0 aromatic heterocycles. The van der Waals surface area contributed by atoms with Crippen molar-refractivity contribution in [2.75, 3.05) is 19.8 Å². The second-order valence-corrected chi connectivity index (χ2v) is 7.30. The molecule has 0 aliphatic rings. The fourth-order valence-electron chi connectivity index (χ4n) is 2.85. The number of aliphatic hydroxyl groups is 1. The average Bonchev–Trinajstić information content (AvgIpc) is 2.77. The fraction of sp³-hybridized carbons (Fsp3) is 0.364. The maximum atomic E-state index is 14.0. The lowest BCUT2D eigenvalue weighted by molar-refractivity contribution is -0.275. The van der Waals surface area contributed by atoms with E-state index in [1.807, 2.05) is 0 Å². The number of ether oxygens (including phenoxy) is 2. The van der Waals surface area contributed by atoms with Crippen molar-refractivity contribution < 1.29 is 54.9 Å². The number of benzene rings is 2. The highest BCUT2D eigenvalue weighted by Gasteiger charge is 2.32. The van der Waals surface area contributed by atoms with Crippen LogP contribution in [0.4, 0.5) is 30.7 Å². The summed E-state index contributed by atoms with van der Waals surface area (Å²) in [5, 5.41) is 13.6. The smallest absolute Gasteiger partial charge is 0.493 e. The number of aliphatic hydroxyl groups excluding tert-OH is 1. The first-order valence-electron chi connectivity index (χ1n) is 10.3. The van der Waals surface area contributed by atoms with E-state index in [0.717, 1.165) is 12.1 Å². The second kappa shape index (κ2) is 12.4. The third-order valence-electron chi connectivity index (χ3n) is 4.47. The Hall–Kier alpha value is -3.55. The highest BCUT2D eigenvalue weighted by molar-refractivity contribution is 5.97. The molecule has 2 amide bonds. The molecule has 0 saturated heterocycles. The predicted octanol–water partition coefficient (Wildman–Crippen LogP) is 3.51. The van der Waals surface area contributed by atoms with Gasteiger partial charge in [-0.1, -0.05) is 6.07 Å². The van der Waals surface area contributed by atoms with Crippen LogP contribution in [-0.2, 0) is 11.2 Å². The van der Waals surface area contributed by atoms with Gasteiger partial charge in [-0.15, -0.1) is 13.2 Å². The lowest BCUT2D eigenvalue weighted by atomic mass is 10.0. The van der Waals surface area contributed by atoms with E-state index in [2.05, 4.69) is 15.4 Å². The quantitative estimate of drug-likeness (QED) is 0.390. The van der Waals surface area contributed by atoms with Crippen LogP contribution >= 0.6 is 0 Å². The number of rotatable bonds is 11. The average molecular weight is 526 g/mol. The van der Waals surface area contributed by atoms with Crippen molar-refractivity contribution in [1.82, 2.24) is 10.6 Å². The van der Waals surface area contributed by atoms with Crippen molar-refractivity contribution in [2.45, 2.75) is 31.4 Å². The number of hydrogen-bond donors (Lipinski definition) is 3. The molecule has 2 aromatic rings. The zero-order valence-electron chi connectivity index (χ0n) is 18.4. The first-order valence-corrected chi connectivity index (χ1v) is 10.3. The third-order valence-corrected chi connectivity index (χ3v) is 4.47. The Labute approximate surface area is 200 Å². The standard InChI is InChI=1S/C22H21F7N2O5/c23-16-11-13(1-6-18(16)36-22(27,28)29)12-17(20(34)30-8-9-32)31-19(33)14-2-4-15(5-3-14)35-10-7-21(24,25)26/h1-6,11,17,32H,7-10,12H2,(H,30,34)(H,31,33). The van der Waals surface area contributed by atoms with Crippen molar-refractivity contribution >= 4 is 11.8 Å². The van der Waals surface area contributed by atoms with Gasteiger partial charge in [0, 0.05) is 18.5 Å². The van der Waals surface area contributed by atoms with E-state index < -0.39 is 61.6 Å². The summed E-state index contributed by atoms with van der Waals surface area (Å²) in [7, 11) is 0. The van der Waals surface area contributed by atoms with Gasteiger partial charge in [0.05, 0.1) is 19.6 Å².